The molecule has 2 unspecified atom stereocenters. The minimum absolute atomic E-state index is 0.0626. The molecule has 1 aliphatic rings. The molecule has 1 saturated carbocycles. The van der Waals surface area contributed by atoms with Crippen molar-refractivity contribution in [2.45, 2.75) is 64.3 Å². The lowest BCUT2D eigenvalue weighted by Gasteiger charge is -2.22. The maximum absolute atomic E-state index is 5.51. The van der Waals surface area contributed by atoms with Crippen molar-refractivity contribution < 1.29 is 4.74 Å². The van der Waals surface area contributed by atoms with Gasteiger partial charge in [-0.2, -0.15) is 0 Å². The highest BCUT2D eigenvalue weighted by atomic mass is 16.5. The van der Waals surface area contributed by atoms with E-state index in [0.29, 0.717) is 6.54 Å². The van der Waals surface area contributed by atoms with E-state index < -0.39 is 0 Å². The Morgan fingerprint density at radius 1 is 1.39 bits per heavy atom. The third kappa shape index (κ3) is 3.05. The lowest BCUT2D eigenvalue weighted by atomic mass is 10.1. The summed E-state index contributed by atoms with van der Waals surface area (Å²) in [6.07, 6.45) is 3.59. The molecule has 2 atom stereocenters. The summed E-state index contributed by atoms with van der Waals surface area (Å²) in [5.74, 6) is 0.888. The van der Waals surface area contributed by atoms with E-state index in [4.69, 9.17) is 4.74 Å². The van der Waals surface area contributed by atoms with E-state index in [1.165, 1.54) is 6.42 Å². The van der Waals surface area contributed by atoms with Crippen LogP contribution in [0.25, 0.3) is 0 Å². The number of hydrogen-bond donors (Lipinski definition) is 1. The zero-order chi connectivity index (χ0) is 13.2. The molecule has 1 aromatic rings. The van der Waals surface area contributed by atoms with Gasteiger partial charge in [0, 0.05) is 12.6 Å². The van der Waals surface area contributed by atoms with Crippen molar-refractivity contribution in [3.05, 3.63) is 5.82 Å². The van der Waals surface area contributed by atoms with Gasteiger partial charge < -0.3 is 10.1 Å². The fourth-order valence-electron chi connectivity index (χ4n) is 2.39. The molecule has 1 N–H and O–H groups in total. The lowest BCUT2D eigenvalue weighted by molar-refractivity contribution is 0.0689. The van der Waals surface area contributed by atoms with E-state index in [1.54, 1.807) is 7.11 Å². The molecule has 0 bridgehead atoms. The van der Waals surface area contributed by atoms with Crippen LogP contribution in [0.15, 0.2) is 0 Å². The van der Waals surface area contributed by atoms with E-state index in [-0.39, 0.29) is 17.7 Å². The van der Waals surface area contributed by atoms with Crippen LogP contribution < -0.4 is 5.32 Å². The molecule has 0 aromatic carbocycles. The molecule has 1 fully saturated rings. The van der Waals surface area contributed by atoms with Gasteiger partial charge >= 0.3 is 0 Å². The molecule has 0 radical (unpaired) electrons. The molecule has 0 aliphatic heterocycles. The van der Waals surface area contributed by atoms with Crippen LogP contribution in [-0.2, 0) is 11.3 Å². The molecule has 1 heterocycles. The third-order valence-corrected chi connectivity index (χ3v) is 3.37. The van der Waals surface area contributed by atoms with Gasteiger partial charge in [0.15, 0.2) is 5.82 Å². The number of nitrogens with zero attached hydrogens (tertiary/aromatic N) is 4. The molecular formula is C12H23N5O. The summed E-state index contributed by atoms with van der Waals surface area (Å²) in [5.41, 5.74) is 0.0626. The Bertz CT molecular complexity index is 384. The number of ether oxygens (including phenoxy) is 1. The Labute approximate surface area is 108 Å². The van der Waals surface area contributed by atoms with Gasteiger partial charge in [-0.3, -0.25) is 0 Å². The molecule has 18 heavy (non-hydrogen) atoms. The highest BCUT2D eigenvalue weighted by Gasteiger charge is 2.31. The number of rotatable bonds is 4. The van der Waals surface area contributed by atoms with Crippen LogP contribution in [0.4, 0.5) is 0 Å². The van der Waals surface area contributed by atoms with E-state index in [1.807, 2.05) is 4.68 Å². The molecule has 1 aliphatic carbocycles. The van der Waals surface area contributed by atoms with Crippen molar-refractivity contribution in [1.29, 1.82) is 0 Å². The van der Waals surface area contributed by atoms with Crippen LogP contribution in [0.5, 0.6) is 0 Å². The van der Waals surface area contributed by atoms with E-state index in [9.17, 15) is 0 Å². The number of methoxy groups -OCH3 is 1. The average molecular weight is 253 g/mol. The maximum Gasteiger partial charge on any atom is 0.165 e. The molecule has 0 spiro atoms. The van der Waals surface area contributed by atoms with Crippen LogP contribution >= 0.6 is 0 Å². The standard InChI is InChI=1S/C12H23N5O/c1-12(2,3)13-8-11-14-15-16-17(11)9-6-5-7-10(9)18-4/h9-10,13H,5-8H2,1-4H3. The molecule has 102 valence electrons. The van der Waals surface area contributed by atoms with Crippen molar-refractivity contribution in [3.8, 4) is 0 Å². The van der Waals surface area contributed by atoms with Gasteiger partial charge in [0.1, 0.15) is 0 Å². The fraction of sp³-hybridized carbons (Fsp3) is 0.917. The smallest absolute Gasteiger partial charge is 0.165 e. The Morgan fingerprint density at radius 2 is 2.17 bits per heavy atom. The molecule has 0 amide bonds. The zero-order valence-corrected chi connectivity index (χ0v) is 11.7. The topological polar surface area (TPSA) is 64.9 Å². The Kier molecular flexibility index (Phi) is 3.97. The first kappa shape index (κ1) is 13.4. The predicted octanol–water partition coefficient (Wildman–Crippen LogP) is 1.30. The molecule has 0 saturated heterocycles. The second-order valence-electron chi connectivity index (χ2n) is 5.92. The van der Waals surface area contributed by atoms with Gasteiger partial charge in [0.2, 0.25) is 0 Å². The number of hydrogen-bond acceptors (Lipinski definition) is 5. The Morgan fingerprint density at radius 3 is 2.83 bits per heavy atom. The second kappa shape index (κ2) is 5.32. The predicted molar refractivity (Wildman–Crippen MR) is 68.1 cm³/mol. The number of aromatic nitrogens is 4. The molecular weight excluding hydrogens is 230 g/mol. The van der Waals surface area contributed by atoms with Crippen LogP contribution in [0, 0.1) is 0 Å². The van der Waals surface area contributed by atoms with Crippen molar-refractivity contribution >= 4 is 0 Å². The van der Waals surface area contributed by atoms with Gasteiger partial charge in [-0.25, -0.2) is 4.68 Å². The molecule has 6 heteroatoms. The summed E-state index contributed by atoms with van der Waals surface area (Å²) in [5, 5.41) is 15.5. The third-order valence-electron chi connectivity index (χ3n) is 3.37. The van der Waals surface area contributed by atoms with Crippen LogP contribution in [0.2, 0.25) is 0 Å². The quantitative estimate of drug-likeness (QED) is 0.876. The summed E-state index contributed by atoms with van der Waals surface area (Å²) in [6, 6.07) is 0.279. The average Bonchev–Trinajstić information content (AvgIpc) is 2.93. The number of nitrogens with one attached hydrogen (secondary N) is 1. The largest absolute Gasteiger partial charge is 0.379 e. The SMILES string of the molecule is COC1CCCC1n1nnnc1CNC(C)(C)C. The summed E-state index contributed by atoms with van der Waals surface area (Å²) >= 11 is 0. The van der Waals surface area contributed by atoms with Gasteiger partial charge in [-0.05, 0) is 50.5 Å². The van der Waals surface area contributed by atoms with Crippen molar-refractivity contribution in [1.82, 2.24) is 25.5 Å². The van der Waals surface area contributed by atoms with E-state index >= 15 is 0 Å². The zero-order valence-electron chi connectivity index (χ0n) is 11.7. The van der Waals surface area contributed by atoms with E-state index in [0.717, 1.165) is 18.7 Å². The molecule has 1 aromatic heterocycles. The summed E-state index contributed by atoms with van der Waals surface area (Å²) in [7, 11) is 1.76. The molecule has 2 rings (SSSR count). The second-order valence-corrected chi connectivity index (χ2v) is 5.92. The normalized spacial score (nSPS) is 24.7. The Hall–Kier alpha value is -1.01. The monoisotopic (exact) mass is 253 g/mol. The first-order valence-electron chi connectivity index (χ1n) is 6.56. The number of tetrazole rings is 1. The lowest BCUT2D eigenvalue weighted by Crippen LogP contribution is -2.36. The van der Waals surface area contributed by atoms with Gasteiger partial charge in [0.05, 0.1) is 18.7 Å². The summed E-state index contributed by atoms with van der Waals surface area (Å²) in [6.45, 7) is 7.08. The highest BCUT2D eigenvalue weighted by Crippen LogP contribution is 2.31. The fourth-order valence-corrected chi connectivity index (χ4v) is 2.39. The summed E-state index contributed by atoms with van der Waals surface area (Å²) in [4.78, 5) is 0. The van der Waals surface area contributed by atoms with Gasteiger partial charge in [-0.15, -0.1) is 5.10 Å². The van der Waals surface area contributed by atoms with Crippen molar-refractivity contribution in [3.63, 3.8) is 0 Å². The van der Waals surface area contributed by atoms with Crippen LogP contribution in [0.1, 0.15) is 51.9 Å². The molecule has 6 nitrogen and oxygen atoms in total. The highest BCUT2D eigenvalue weighted by molar-refractivity contribution is 4.91. The van der Waals surface area contributed by atoms with E-state index in [2.05, 4.69) is 41.6 Å². The van der Waals surface area contributed by atoms with Crippen molar-refractivity contribution in [2.24, 2.45) is 0 Å². The van der Waals surface area contributed by atoms with Crippen LogP contribution in [-0.4, -0.2) is 39.0 Å². The minimum atomic E-state index is 0.0626. The summed E-state index contributed by atoms with van der Waals surface area (Å²) < 4.78 is 7.44. The van der Waals surface area contributed by atoms with Gasteiger partial charge in [0.25, 0.3) is 0 Å². The Balaban J connectivity index is 2.07. The van der Waals surface area contributed by atoms with Crippen molar-refractivity contribution in [2.75, 3.05) is 7.11 Å². The first-order chi connectivity index (χ1) is 8.51. The minimum Gasteiger partial charge on any atom is -0.379 e. The first-order valence-corrected chi connectivity index (χ1v) is 6.56. The maximum atomic E-state index is 5.51. The van der Waals surface area contributed by atoms with Crippen LogP contribution in [0.3, 0.4) is 0 Å². The van der Waals surface area contributed by atoms with Gasteiger partial charge in [-0.1, -0.05) is 0 Å².